The van der Waals surface area contributed by atoms with Crippen LogP contribution in [0, 0.1) is 5.92 Å². The van der Waals surface area contributed by atoms with Gasteiger partial charge in [-0.05, 0) is 6.92 Å². The number of likely N-dealkylation sites (tertiary alicyclic amines) is 1. The van der Waals surface area contributed by atoms with E-state index >= 15 is 0 Å². The standard InChI is InChI=1S/C8H13F3N2O2/c1-7(12,8(9,10)11)6(15)13-2-5(3-13)4-14/h5,14H,2-4,12H2,1H3. The summed E-state index contributed by atoms with van der Waals surface area (Å²) in [4.78, 5) is 12.4. The molecule has 3 N–H and O–H groups in total. The predicted molar refractivity (Wildman–Crippen MR) is 45.8 cm³/mol. The maximum Gasteiger partial charge on any atom is 0.415 e. The summed E-state index contributed by atoms with van der Waals surface area (Å²) in [6.07, 6.45) is -4.76. The summed E-state index contributed by atoms with van der Waals surface area (Å²) in [6.45, 7) is 0.801. The van der Waals surface area contributed by atoms with Gasteiger partial charge in [-0.2, -0.15) is 13.2 Å². The number of aliphatic hydroxyl groups excluding tert-OH is 1. The molecule has 1 aliphatic heterocycles. The molecule has 0 aromatic heterocycles. The summed E-state index contributed by atoms with van der Waals surface area (Å²) in [5.74, 6) is -1.27. The third-order valence-electron chi connectivity index (χ3n) is 2.54. The molecule has 1 amide bonds. The number of amides is 1. The average molecular weight is 226 g/mol. The van der Waals surface area contributed by atoms with Crippen LogP contribution in [0.1, 0.15) is 6.92 Å². The second-order valence-corrected chi connectivity index (χ2v) is 3.96. The van der Waals surface area contributed by atoms with Gasteiger partial charge in [0.05, 0.1) is 0 Å². The first kappa shape index (κ1) is 12.3. The number of hydrogen-bond donors (Lipinski definition) is 2. The zero-order valence-corrected chi connectivity index (χ0v) is 8.21. The molecular formula is C8H13F3N2O2. The molecule has 0 spiro atoms. The van der Waals surface area contributed by atoms with Crippen molar-refractivity contribution < 1.29 is 23.1 Å². The Morgan fingerprint density at radius 3 is 2.33 bits per heavy atom. The number of alkyl halides is 3. The van der Waals surface area contributed by atoms with Crippen molar-refractivity contribution in [1.82, 2.24) is 4.90 Å². The first-order valence-electron chi connectivity index (χ1n) is 4.46. The van der Waals surface area contributed by atoms with Gasteiger partial charge in [0.15, 0.2) is 5.54 Å². The third-order valence-corrected chi connectivity index (χ3v) is 2.54. The normalized spacial score (nSPS) is 22.1. The zero-order valence-electron chi connectivity index (χ0n) is 8.21. The van der Waals surface area contributed by atoms with Crippen molar-refractivity contribution >= 4 is 5.91 Å². The SMILES string of the molecule is CC(N)(C(=O)N1CC(CO)C1)C(F)(F)F. The minimum Gasteiger partial charge on any atom is -0.396 e. The van der Waals surface area contributed by atoms with Gasteiger partial charge in [0.2, 0.25) is 0 Å². The van der Waals surface area contributed by atoms with Gasteiger partial charge in [0.1, 0.15) is 0 Å². The lowest BCUT2D eigenvalue weighted by Gasteiger charge is -2.42. The minimum absolute atomic E-state index is 0.127. The van der Waals surface area contributed by atoms with E-state index in [0.717, 1.165) is 4.90 Å². The fraction of sp³-hybridized carbons (Fsp3) is 0.875. The van der Waals surface area contributed by atoms with Gasteiger partial charge in [-0.15, -0.1) is 0 Å². The first-order valence-corrected chi connectivity index (χ1v) is 4.46. The summed E-state index contributed by atoms with van der Waals surface area (Å²) in [5.41, 5.74) is 2.12. The van der Waals surface area contributed by atoms with Gasteiger partial charge >= 0.3 is 6.18 Å². The summed E-state index contributed by atoms with van der Waals surface area (Å²) in [6, 6.07) is 0. The van der Waals surface area contributed by atoms with Crippen LogP contribution in [0.25, 0.3) is 0 Å². The van der Waals surface area contributed by atoms with E-state index in [1.165, 1.54) is 0 Å². The van der Waals surface area contributed by atoms with Gasteiger partial charge in [-0.1, -0.05) is 0 Å². The molecule has 1 heterocycles. The van der Waals surface area contributed by atoms with Crippen LogP contribution in [0.15, 0.2) is 0 Å². The Labute approximate surface area is 84.8 Å². The van der Waals surface area contributed by atoms with Crippen LogP contribution in [-0.4, -0.2) is 47.3 Å². The molecule has 0 saturated carbocycles. The Bertz CT molecular complexity index is 259. The van der Waals surface area contributed by atoms with Crippen molar-refractivity contribution in [3.63, 3.8) is 0 Å². The second-order valence-electron chi connectivity index (χ2n) is 3.96. The average Bonchev–Trinajstić information content (AvgIpc) is 1.99. The molecule has 1 saturated heterocycles. The fourth-order valence-electron chi connectivity index (χ4n) is 1.30. The van der Waals surface area contributed by atoms with E-state index in [0.29, 0.717) is 6.92 Å². The number of rotatable bonds is 2. The van der Waals surface area contributed by atoms with E-state index in [1.54, 1.807) is 0 Å². The van der Waals surface area contributed by atoms with Crippen molar-refractivity contribution in [2.24, 2.45) is 11.7 Å². The second kappa shape index (κ2) is 3.64. The van der Waals surface area contributed by atoms with Crippen molar-refractivity contribution in [2.75, 3.05) is 19.7 Å². The molecule has 1 aliphatic rings. The number of nitrogens with zero attached hydrogens (tertiary/aromatic N) is 1. The molecule has 4 nitrogen and oxygen atoms in total. The summed E-state index contributed by atoms with van der Waals surface area (Å²) in [7, 11) is 0. The topological polar surface area (TPSA) is 66.6 Å². The predicted octanol–water partition coefficient (Wildman–Crippen LogP) is -0.283. The maximum atomic E-state index is 12.4. The summed E-state index contributed by atoms with van der Waals surface area (Å²) < 4.78 is 37.1. The summed E-state index contributed by atoms with van der Waals surface area (Å²) in [5, 5.41) is 8.66. The van der Waals surface area contributed by atoms with Crippen LogP contribution >= 0.6 is 0 Å². The Balaban J connectivity index is 2.62. The van der Waals surface area contributed by atoms with Crippen LogP contribution in [0.5, 0.6) is 0 Å². The van der Waals surface area contributed by atoms with Gasteiger partial charge in [-0.25, -0.2) is 0 Å². The molecule has 15 heavy (non-hydrogen) atoms. The Morgan fingerprint density at radius 2 is 2.00 bits per heavy atom. The van der Waals surface area contributed by atoms with Crippen molar-refractivity contribution in [2.45, 2.75) is 18.6 Å². The minimum atomic E-state index is -4.76. The molecule has 7 heteroatoms. The highest BCUT2D eigenvalue weighted by Gasteiger charge is 2.56. The number of aliphatic hydroxyl groups is 1. The summed E-state index contributed by atoms with van der Waals surface area (Å²) >= 11 is 0. The Morgan fingerprint density at radius 1 is 1.53 bits per heavy atom. The molecule has 0 bridgehead atoms. The molecule has 1 fully saturated rings. The van der Waals surface area contributed by atoms with Gasteiger partial charge in [0, 0.05) is 25.6 Å². The van der Waals surface area contributed by atoms with E-state index in [2.05, 4.69) is 0 Å². The highest BCUT2D eigenvalue weighted by molar-refractivity contribution is 5.87. The smallest absolute Gasteiger partial charge is 0.396 e. The molecule has 1 atom stereocenters. The number of carbonyl (C=O) groups is 1. The molecule has 0 radical (unpaired) electrons. The third kappa shape index (κ3) is 2.07. The van der Waals surface area contributed by atoms with Gasteiger partial charge < -0.3 is 15.7 Å². The van der Waals surface area contributed by atoms with E-state index in [-0.39, 0.29) is 25.6 Å². The van der Waals surface area contributed by atoms with Crippen LogP contribution < -0.4 is 5.73 Å². The van der Waals surface area contributed by atoms with Crippen molar-refractivity contribution in [3.8, 4) is 0 Å². The van der Waals surface area contributed by atoms with Crippen molar-refractivity contribution in [3.05, 3.63) is 0 Å². The first-order chi connectivity index (χ1) is 6.70. The maximum absolute atomic E-state index is 12.4. The van der Waals surface area contributed by atoms with Crippen LogP contribution in [0.3, 0.4) is 0 Å². The Hall–Kier alpha value is -0.820. The van der Waals surface area contributed by atoms with E-state index in [9.17, 15) is 18.0 Å². The highest BCUT2D eigenvalue weighted by Crippen LogP contribution is 2.31. The molecule has 0 aliphatic carbocycles. The lowest BCUT2D eigenvalue weighted by molar-refractivity contribution is -0.197. The number of hydrogen-bond acceptors (Lipinski definition) is 3. The molecule has 1 unspecified atom stereocenters. The van der Waals surface area contributed by atoms with E-state index < -0.39 is 17.6 Å². The van der Waals surface area contributed by atoms with E-state index in [1.807, 2.05) is 0 Å². The molecule has 0 aromatic rings. The molecule has 88 valence electrons. The molecular weight excluding hydrogens is 213 g/mol. The number of halogens is 3. The lowest BCUT2D eigenvalue weighted by atomic mass is 9.94. The number of carbonyl (C=O) groups excluding carboxylic acids is 1. The van der Waals surface area contributed by atoms with Crippen molar-refractivity contribution in [1.29, 1.82) is 0 Å². The lowest BCUT2D eigenvalue weighted by Crippen LogP contribution is -2.66. The van der Waals surface area contributed by atoms with Crippen LogP contribution in [0.4, 0.5) is 13.2 Å². The quantitative estimate of drug-likeness (QED) is 0.680. The fourth-order valence-corrected chi connectivity index (χ4v) is 1.30. The molecule has 0 aromatic carbocycles. The Kier molecular flexibility index (Phi) is 2.97. The zero-order chi connectivity index (χ0) is 11.9. The van der Waals surface area contributed by atoms with E-state index in [4.69, 9.17) is 10.8 Å². The largest absolute Gasteiger partial charge is 0.415 e. The molecule has 1 rings (SSSR count). The monoisotopic (exact) mass is 226 g/mol. The van der Waals surface area contributed by atoms with Gasteiger partial charge in [-0.3, -0.25) is 4.79 Å². The highest BCUT2D eigenvalue weighted by atomic mass is 19.4. The van der Waals surface area contributed by atoms with Crippen LogP contribution in [0.2, 0.25) is 0 Å². The van der Waals surface area contributed by atoms with Crippen LogP contribution in [-0.2, 0) is 4.79 Å². The number of nitrogens with two attached hydrogens (primary N) is 1. The van der Waals surface area contributed by atoms with Gasteiger partial charge in [0.25, 0.3) is 5.91 Å².